The number of para-hydroxylation sites is 1. The lowest BCUT2D eigenvalue weighted by molar-refractivity contribution is 0.262. The Labute approximate surface area is 160 Å². The summed E-state index contributed by atoms with van der Waals surface area (Å²) in [5.41, 5.74) is 3.40. The third-order valence-electron chi connectivity index (χ3n) is 3.98. The van der Waals surface area contributed by atoms with Crippen LogP contribution in [-0.2, 0) is 7.05 Å². The van der Waals surface area contributed by atoms with Gasteiger partial charge in [0, 0.05) is 29.5 Å². The molecule has 0 aliphatic rings. The Morgan fingerprint density at radius 3 is 2.37 bits per heavy atom. The Kier molecular flexibility index (Phi) is 4.76. The summed E-state index contributed by atoms with van der Waals surface area (Å²) in [5, 5.41) is 6.52. The molecule has 0 saturated heterocycles. The van der Waals surface area contributed by atoms with Gasteiger partial charge in [-0.25, -0.2) is 14.8 Å². The van der Waals surface area contributed by atoms with Gasteiger partial charge in [-0.1, -0.05) is 30.0 Å². The van der Waals surface area contributed by atoms with E-state index in [0.717, 1.165) is 32.3 Å². The molecule has 134 valence electrons. The molecule has 0 spiro atoms. The topological polar surface area (TPSA) is 71.8 Å². The fourth-order valence-electron chi connectivity index (χ4n) is 2.69. The molecule has 2 aromatic heterocycles. The van der Waals surface area contributed by atoms with Crippen molar-refractivity contribution in [3.63, 3.8) is 0 Å². The quantitative estimate of drug-likeness (QED) is 0.504. The van der Waals surface area contributed by atoms with Gasteiger partial charge in [-0.05, 0) is 42.5 Å². The first kappa shape index (κ1) is 17.1. The highest BCUT2D eigenvalue weighted by atomic mass is 32.2. The van der Waals surface area contributed by atoms with E-state index in [1.165, 1.54) is 0 Å². The number of hydrogen-bond donors (Lipinski definition) is 2. The molecular formula is C20H17N5OS. The van der Waals surface area contributed by atoms with Gasteiger partial charge in [0.05, 0.1) is 11.0 Å². The molecule has 2 aromatic carbocycles. The number of nitrogens with one attached hydrogen (secondary N) is 2. The Morgan fingerprint density at radius 1 is 0.926 bits per heavy atom. The van der Waals surface area contributed by atoms with Gasteiger partial charge in [0.1, 0.15) is 11.4 Å². The Hall–Kier alpha value is -3.32. The zero-order valence-electron chi connectivity index (χ0n) is 14.6. The van der Waals surface area contributed by atoms with Crippen molar-refractivity contribution in [2.24, 2.45) is 7.05 Å². The maximum atomic E-state index is 12.1. The summed E-state index contributed by atoms with van der Waals surface area (Å²) in [6, 6.07) is 18.7. The first-order chi connectivity index (χ1) is 13.2. The fourth-order valence-corrected chi connectivity index (χ4v) is 3.63. The summed E-state index contributed by atoms with van der Waals surface area (Å²) in [5.74, 6) is 0. The van der Waals surface area contributed by atoms with Gasteiger partial charge in [0.15, 0.2) is 0 Å². The van der Waals surface area contributed by atoms with E-state index in [0.29, 0.717) is 0 Å². The summed E-state index contributed by atoms with van der Waals surface area (Å²) < 4.78 is 2.02. The van der Waals surface area contributed by atoms with Crippen molar-refractivity contribution in [2.45, 2.75) is 9.92 Å². The average molecular weight is 375 g/mol. The van der Waals surface area contributed by atoms with Gasteiger partial charge in [0.2, 0.25) is 0 Å². The van der Waals surface area contributed by atoms with Crippen LogP contribution in [0.5, 0.6) is 0 Å². The van der Waals surface area contributed by atoms with Crippen molar-refractivity contribution >= 4 is 40.2 Å². The number of urea groups is 1. The highest BCUT2D eigenvalue weighted by molar-refractivity contribution is 7.99. The number of benzene rings is 2. The van der Waals surface area contributed by atoms with Crippen molar-refractivity contribution in [2.75, 3.05) is 10.6 Å². The molecule has 0 atom stereocenters. The summed E-state index contributed by atoms with van der Waals surface area (Å²) in [6.45, 7) is 0. The van der Waals surface area contributed by atoms with Crippen LogP contribution in [0.4, 0.5) is 16.2 Å². The molecule has 0 unspecified atom stereocenters. The van der Waals surface area contributed by atoms with Crippen molar-refractivity contribution in [3.8, 4) is 0 Å². The largest absolute Gasteiger partial charge is 0.347 e. The second-order valence-corrected chi connectivity index (χ2v) is 6.97. The van der Waals surface area contributed by atoms with Crippen LogP contribution in [0.3, 0.4) is 0 Å². The van der Waals surface area contributed by atoms with Crippen LogP contribution in [-0.4, -0.2) is 20.6 Å². The lowest BCUT2D eigenvalue weighted by atomic mass is 10.3. The van der Waals surface area contributed by atoms with Crippen molar-refractivity contribution in [3.05, 3.63) is 73.2 Å². The van der Waals surface area contributed by atoms with Gasteiger partial charge in [-0.2, -0.15) is 0 Å². The lowest BCUT2D eigenvalue weighted by Crippen LogP contribution is -2.19. The summed E-state index contributed by atoms with van der Waals surface area (Å²) in [4.78, 5) is 21.8. The van der Waals surface area contributed by atoms with E-state index in [2.05, 4.69) is 20.6 Å². The molecule has 4 rings (SSSR count). The van der Waals surface area contributed by atoms with Crippen LogP contribution in [0.2, 0.25) is 0 Å². The number of carbonyl (C=O) groups excluding carboxylic acids is 1. The molecule has 7 heteroatoms. The van der Waals surface area contributed by atoms with E-state index in [4.69, 9.17) is 0 Å². The average Bonchev–Trinajstić information content (AvgIpc) is 3.06. The van der Waals surface area contributed by atoms with E-state index >= 15 is 0 Å². The number of amides is 2. The van der Waals surface area contributed by atoms with Gasteiger partial charge in [-0.3, -0.25) is 0 Å². The normalized spacial score (nSPS) is 10.7. The molecule has 27 heavy (non-hydrogen) atoms. The molecule has 2 amide bonds. The van der Waals surface area contributed by atoms with Gasteiger partial charge in [-0.15, -0.1) is 0 Å². The first-order valence-corrected chi connectivity index (χ1v) is 9.18. The van der Waals surface area contributed by atoms with E-state index < -0.39 is 0 Å². The fraction of sp³-hybridized carbons (Fsp3) is 0.0500. The zero-order chi connectivity index (χ0) is 18.6. The molecule has 0 saturated carbocycles. The molecule has 0 aliphatic carbocycles. The standard InChI is InChI=1S/C20H17N5OS/c1-25-12-11-17-18(25)19(22-13-21-17)27-16-9-7-15(8-10-16)24-20(26)23-14-5-3-2-4-6-14/h2-13H,1H3,(H2,23,24,26). The maximum absolute atomic E-state index is 12.1. The molecule has 4 aromatic rings. The van der Waals surface area contributed by atoms with E-state index in [9.17, 15) is 4.79 Å². The number of carbonyl (C=O) groups is 1. The van der Waals surface area contributed by atoms with E-state index in [-0.39, 0.29) is 6.03 Å². The number of fused-ring (bicyclic) bond motifs is 1. The Morgan fingerprint density at radius 2 is 1.63 bits per heavy atom. The smallest absolute Gasteiger partial charge is 0.323 e. The third-order valence-corrected chi connectivity index (χ3v) is 4.98. The molecule has 2 heterocycles. The van der Waals surface area contributed by atoms with Gasteiger partial charge < -0.3 is 15.2 Å². The molecule has 0 radical (unpaired) electrons. The molecule has 0 aliphatic heterocycles. The summed E-state index contributed by atoms with van der Waals surface area (Å²) in [6.07, 6.45) is 3.55. The highest BCUT2D eigenvalue weighted by Gasteiger charge is 2.09. The van der Waals surface area contributed by atoms with Crippen molar-refractivity contribution in [1.29, 1.82) is 0 Å². The Bertz CT molecular complexity index is 1080. The molecule has 2 N–H and O–H groups in total. The van der Waals surface area contributed by atoms with Gasteiger partial charge in [0.25, 0.3) is 0 Å². The molecule has 0 bridgehead atoms. The minimum atomic E-state index is -0.275. The number of aryl methyl sites for hydroxylation is 1. The molecular weight excluding hydrogens is 358 g/mol. The zero-order valence-corrected chi connectivity index (χ0v) is 15.4. The molecule has 6 nitrogen and oxygen atoms in total. The van der Waals surface area contributed by atoms with E-state index in [1.54, 1.807) is 18.1 Å². The predicted octanol–water partition coefficient (Wildman–Crippen LogP) is 4.76. The van der Waals surface area contributed by atoms with Crippen LogP contribution < -0.4 is 10.6 Å². The van der Waals surface area contributed by atoms with Crippen molar-refractivity contribution < 1.29 is 4.79 Å². The first-order valence-electron chi connectivity index (χ1n) is 8.36. The summed E-state index contributed by atoms with van der Waals surface area (Å²) >= 11 is 1.57. The van der Waals surface area contributed by atoms with Crippen LogP contribution in [0, 0.1) is 0 Å². The van der Waals surface area contributed by atoms with Crippen LogP contribution >= 0.6 is 11.8 Å². The maximum Gasteiger partial charge on any atom is 0.323 e. The SMILES string of the molecule is Cn1ccc2ncnc(Sc3ccc(NC(=O)Nc4ccccc4)cc3)c21. The number of aromatic nitrogens is 3. The number of rotatable bonds is 4. The van der Waals surface area contributed by atoms with Crippen LogP contribution in [0.15, 0.2) is 83.1 Å². The third kappa shape index (κ3) is 3.93. The highest BCUT2D eigenvalue weighted by Crippen LogP contribution is 2.31. The predicted molar refractivity (Wildman–Crippen MR) is 108 cm³/mol. The molecule has 0 fully saturated rings. The Balaban J connectivity index is 1.44. The van der Waals surface area contributed by atoms with Gasteiger partial charge >= 0.3 is 6.03 Å². The minimum Gasteiger partial charge on any atom is -0.347 e. The summed E-state index contributed by atoms with van der Waals surface area (Å²) in [7, 11) is 1.98. The number of hydrogen-bond acceptors (Lipinski definition) is 4. The number of anilines is 2. The van der Waals surface area contributed by atoms with E-state index in [1.807, 2.05) is 78.5 Å². The van der Waals surface area contributed by atoms with Crippen LogP contribution in [0.25, 0.3) is 11.0 Å². The van der Waals surface area contributed by atoms with Crippen molar-refractivity contribution in [1.82, 2.24) is 14.5 Å². The second kappa shape index (κ2) is 7.51. The van der Waals surface area contributed by atoms with Crippen LogP contribution in [0.1, 0.15) is 0 Å². The number of nitrogens with zero attached hydrogens (tertiary/aromatic N) is 3. The monoisotopic (exact) mass is 375 g/mol. The minimum absolute atomic E-state index is 0.275. The lowest BCUT2D eigenvalue weighted by Gasteiger charge is -2.08. The second-order valence-electron chi connectivity index (χ2n) is 5.91.